The van der Waals surface area contributed by atoms with Gasteiger partial charge in [0.15, 0.2) is 0 Å². The van der Waals surface area contributed by atoms with Crippen LogP contribution in [-0.4, -0.2) is 6.98 Å². The molecule has 7 heteroatoms. The van der Waals surface area contributed by atoms with Crippen molar-refractivity contribution in [3.8, 4) is 0 Å². The highest BCUT2D eigenvalue weighted by atomic mass is 19.4. The van der Waals surface area contributed by atoms with E-state index in [-0.39, 0.29) is 6.54 Å². The molecule has 0 amide bonds. The van der Waals surface area contributed by atoms with Crippen LogP contribution < -0.4 is 5.46 Å². The highest BCUT2D eigenvalue weighted by Gasteiger charge is 2.24. The van der Waals surface area contributed by atoms with E-state index in [4.69, 9.17) is 5.53 Å². The molecule has 14 heavy (non-hydrogen) atoms. The van der Waals surface area contributed by atoms with Crippen molar-refractivity contribution >= 4 is 12.4 Å². The van der Waals surface area contributed by atoms with Gasteiger partial charge in [-0.15, -0.1) is 5.46 Å². The van der Waals surface area contributed by atoms with E-state index in [2.05, 4.69) is 10.0 Å². The number of rotatable bonds is 3. The summed E-state index contributed by atoms with van der Waals surface area (Å²) in [6, 6.07) is 4.59. The van der Waals surface area contributed by atoms with Gasteiger partial charge in [0.05, 0.1) is 6.54 Å². The topological polar surface area (TPSA) is 48.8 Å². The summed E-state index contributed by atoms with van der Waals surface area (Å²) in [5.41, 5.74) is 7.91. The van der Waals surface area contributed by atoms with E-state index in [9.17, 15) is 12.9 Å². The Bertz CT molecular complexity index is 353. The van der Waals surface area contributed by atoms with Crippen LogP contribution in [0.25, 0.3) is 10.4 Å². The van der Waals surface area contributed by atoms with Crippen LogP contribution in [-0.2, 0) is 6.54 Å². The standard InChI is InChI=1S/C7H6BF3N3/c9-8(10,11)7-3-1-6(2-4-7)5-13-14-12/h1-4H,5H2/q-1. The molecule has 0 N–H and O–H groups in total. The highest BCUT2D eigenvalue weighted by Crippen LogP contribution is 2.09. The Morgan fingerprint density at radius 1 is 1.21 bits per heavy atom. The van der Waals surface area contributed by atoms with Gasteiger partial charge in [0.1, 0.15) is 0 Å². The average molecular weight is 200 g/mol. The zero-order valence-corrected chi connectivity index (χ0v) is 7.07. The van der Waals surface area contributed by atoms with Gasteiger partial charge >= 0.3 is 6.98 Å². The predicted octanol–water partition coefficient (Wildman–Crippen LogP) is 2.55. The van der Waals surface area contributed by atoms with Crippen LogP contribution in [0.1, 0.15) is 5.56 Å². The van der Waals surface area contributed by atoms with Crippen LogP contribution in [0.4, 0.5) is 12.9 Å². The van der Waals surface area contributed by atoms with Crippen molar-refractivity contribution in [3.63, 3.8) is 0 Å². The summed E-state index contributed by atoms with van der Waals surface area (Å²) in [4.78, 5) is 2.51. The summed E-state index contributed by atoms with van der Waals surface area (Å²) >= 11 is 0. The number of azide groups is 1. The largest absolute Gasteiger partial charge is 0.509 e. The molecule has 0 saturated carbocycles. The Morgan fingerprint density at radius 3 is 2.21 bits per heavy atom. The van der Waals surface area contributed by atoms with Crippen molar-refractivity contribution in [1.29, 1.82) is 0 Å². The third-order valence-corrected chi connectivity index (χ3v) is 1.67. The van der Waals surface area contributed by atoms with Crippen molar-refractivity contribution in [2.45, 2.75) is 6.54 Å². The lowest BCUT2D eigenvalue weighted by atomic mass is 9.80. The van der Waals surface area contributed by atoms with Gasteiger partial charge in [-0.1, -0.05) is 29.4 Å². The highest BCUT2D eigenvalue weighted by molar-refractivity contribution is 6.73. The molecule has 1 aromatic carbocycles. The molecule has 0 aliphatic heterocycles. The molecule has 0 radical (unpaired) electrons. The maximum absolute atomic E-state index is 12.2. The fourth-order valence-corrected chi connectivity index (χ4v) is 0.955. The Balaban J connectivity index is 2.83. The Labute approximate surface area is 78.2 Å². The van der Waals surface area contributed by atoms with E-state index in [0.717, 1.165) is 12.1 Å². The molecule has 1 rings (SSSR count). The Hall–Kier alpha value is -1.62. The van der Waals surface area contributed by atoms with Gasteiger partial charge in [-0.05, 0) is 11.1 Å². The SMILES string of the molecule is [N-]=[N+]=NCc1ccc([B-](F)(F)F)cc1. The lowest BCUT2D eigenvalue weighted by Crippen LogP contribution is -2.33. The Kier molecular flexibility index (Phi) is 3.04. The van der Waals surface area contributed by atoms with E-state index < -0.39 is 12.4 Å². The van der Waals surface area contributed by atoms with E-state index in [1.807, 2.05) is 0 Å². The molecule has 74 valence electrons. The molecule has 0 aliphatic rings. The molecule has 0 saturated heterocycles. The number of hydrogen-bond acceptors (Lipinski definition) is 1. The monoisotopic (exact) mass is 200 g/mol. The van der Waals surface area contributed by atoms with E-state index in [1.54, 1.807) is 0 Å². The number of hydrogen-bond donors (Lipinski definition) is 0. The molecular weight excluding hydrogens is 194 g/mol. The fourth-order valence-electron chi connectivity index (χ4n) is 0.955. The van der Waals surface area contributed by atoms with Gasteiger partial charge in [0, 0.05) is 4.91 Å². The van der Waals surface area contributed by atoms with Gasteiger partial charge < -0.3 is 12.9 Å². The van der Waals surface area contributed by atoms with Crippen LogP contribution >= 0.6 is 0 Å². The maximum atomic E-state index is 12.2. The minimum absolute atomic E-state index is 0.0711. The molecule has 0 bridgehead atoms. The lowest BCUT2D eigenvalue weighted by Gasteiger charge is -2.14. The quantitative estimate of drug-likeness (QED) is 0.311. The van der Waals surface area contributed by atoms with Gasteiger partial charge in [-0.2, -0.15) is 0 Å². The molecule has 0 unspecified atom stereocenters. The molecular formula is C7H6BF3N3-. The van der Waals surface area contributed by atoms with E-state index in [0.29, 0.717) is 5.56 Å². The molecule has 0 aliphatic carbocycles. The first-order chi connectivity index (χ1) is 6.54. The zero-order valence-electron chi connectivity index (χ0n) is 7.07. The zero-order chi connectivity index (χ0) is 10.6. The first-order valence-electron chi connectivity index (χ1n) is 3.83. The molecule has 1 aromatic rings. The summed E-state index contributed by atoms with van der Waals surface area (Å²) in [6.45, 7) is -4.87. The summed E-state index contributed by atoms with van der Waals surface area (Å²) < 4.78 is 36.5. The van der Waals surface area contributed by atoms with Crippen LogP contribution in [0, 0.1) is 0 Å². The van der Waals surface area contributed by atoms with Gasteiger partial charge in [-0.3, -0.25) is 0 Å². The normalized spacial score (nSPS) is 10.8. The minimum atomic E-state index is -4.94. The molecule has 0 heterocycles. The van der Waals surface area contributed by atoms with Crippen molar-refractivity contribution < 1.29 is 12.9 Å². The van der Waals surface area contributed by atoms with Crippen LogP contribution in [0.5, 0.6) is 0 Å². The lowest BCUT2D eigenvalue weighted by molar-refractivity contribution is 0.501. The summed E-state index contributed by atoms with van der Waals surface area (Å²) in [5.74, 6) is 0. The maximum Gasteiger partial charge on any atom is 0.509 e. The number of halogens is 3. The summed E-state index contributed by atoms with van der Waals surface area (Å²) in [7, 11) is 0. The first-order valence-corrected chi connectivity index (χ1v) is 3.83. The second-order valence-electron chi connectivity index (χ2n) is 2.71. The van der Waals surface area contributed by atoms with Crippen LogP contribution in [0.3, 0.4) is 0 Å². The fraction of sp³-hybridized carbons (Fsp3) is 0.143. The second kappa shape index (κ2) is 4.06. The molecule has 0 spiro atoms. The minimum Gasteiger partial charge on any atom is -0.445 e. The summed E-state index contributed by atoms with van der Waals surface area (Å²) in [6.07, 6.45) is 0. The van der Waals surface area contributed by atoms with Crippen LogP contribution in [0.2, 0.25) is 0 Å². The number of benzene rings is 1. The second-order valence-corrected chi connectivity index (χ2v) is 2.71. The molecule has 0 atom stereocenters. The third-order valence-electron chi connectivity index (χ3n) is 1.67. The number of nitrogens with zero attached hydrogens (tertiary/aromatic N) is 3. The average Bonchev–Trinajstić information content (AvgIpc) is 2.14. The molecule has 0 aromatic heterocycles. The van der Waals surface area contributed by atoms with Gasteiger partial charge in [-0.25, -0.2) is 0 Å². The van der Waals surface area contributed by atoms with Crippen molar-refractivity contribution in [2.24, 2.45) is 5.11 Å². The smallest absolute Gasteiger partial charge is 0.445 e. The predicted molar refractivity (Wildman–Crippen MR) is 48.0 cm³/mol. The third kappa shape index (κ3) is 2.71. The van der Waals surface area contributed by atoms with E-state index in [1.165, 1.54) is 12.1 Å². The Morgan fingerprint density at radius 2 is 1.79 bits per heavy atom. The van der Waals surface area contributed by atoms with Crippen LogP contribution in [0.15, 0.2) is 29.4 Å². The van der Waals surface area contributed by atoms with E-state index >= 15 is 0 Å². The first kappa shape index (κ1) is 10.5. The molecule has 0 fully saturated rings. The summed E-state index contributed by atoms with van der Waals surface area (Å²) in [5, 5.41) is 3.24. The van der Waals surface area contributed by atoms with Crippen molar-refractivity contribution in [3.05, 3.63) is 40.3 Å². The van der Waals surface area contributed by atoms with Crippen molar-refractivity contribution in [2.75, 3.05) is 0 Å². The van der Waals surface area contributed by atoms with Gasteiger partial charge in [0.2, 0.25) is 0 Å². The van der Waals surface area contributed by atoms with Gasteiger partial charge in [0.25, 0.3) is 0 Å². The molecule has 3 nitrogen and oxygen atoms in total. The van der Waals surface area contributed by atoms with Crippen molar-refractivity contribution in [1.82, 2.24) is 0 Å².